The van der Waals surface area contributed by atoms with E-state index in [0.717, 1.165) is 82.8 Å². The van der Waals surface area contributed by atoms with Gasteiger partial charge in [0.25, 0.3) is 0 Å². The number of para-hydroxylation sites is 3. The average Bonchev–Trinajstić information content (AvgIpc) is 3.85. The molecule has 8 aromatic carbocycles. The fourth-order valence-electron chi connectivity index (χ4n) is 9.27. The molecule has 0 saturated heterocycles. The van der Waals surface area contributed by atoms with E-state index in [0.29, 0.717) is 0 Å². The molecule has 244 valence electrons. The third-order valence-electron chi connectivity index (χ3n) is 11.4. The van der Waals surface area contributed by atoms with Crippen molar-refractivity contribution in [1.29, 1.82) is 0 Å². The van der Waals surface area contributed by atoms with E-state index in [9.17, 15) is 0 Å². The smallest absolute Gasteiger partial charge is 0.165 e. The molecule has 5 heterocycles. The van der Waals surface area contributed by atoms with Crippen molar-refractivity contribution in [3.63, 3.8) is 0 Å². The Kier molecular flexibility index (Phi) is 5.06. The van der Waals surface area contributed by atoms with Crippen molar-refractivity contribution in [3.05, 3.63) is 158 Å². The predicted octanol–water partition coefficient (Wildman–Crippen LogP) is 12.6. The molecule has 0 radical (unpaired) electrons. The zero-order valence-corrected chi connectivity index (χ0v) is 28.2. The van der Waals surface area contributed by atoms with E-state index >= 15 is 0 Å². The highest BCUT2D eigenvalue weighted by Gasteiger charge is 2.28. The van der Waals surface area contributed by atoms with Crippen LogP contribution in [0, 0.1) is 0 Å². The Bertz CT molecular complexity index is 3680. The molecule has 0 amide bonds. The lowest BCUT2D eigenvalue weighted by molar-refractivity contribution is 0.669. The maximum absolute atomic E-state index is 6.78. The van der Waals surface area contributed by atoms with Crippen LogP contribution in [0.1, 0.15) is 0 Å². The molecule has 0 N–H and O–H groups in total. The number of fused-ring (bicyclic) bond motifs is 12. The van der Waals surface area contributed by atoms with E-state index in [1.54, 1.807) is 0 Å². The summed E-state index contributed by atoms with van der Waals surface area (Å²) in [7, 11) is 0. The first-order chi connectivity index (χ1) is 26.3. The van der Waals surface area contributed by atoms with E-state index < -0.39 is 0 Å². The Balaban J connectivity index is 1.36. The van der Waals surface area contributed by atoms with Gasteiger partial charge in [0.15, 0.2) is 5.82 Å². The molecule has 0 aliphatic carbocycles. The average molecular weight is 675 g/mol. The molecule has 53 heavy (non-hydrogen) atoms. The maximum Gasteiger partial charge on any atom is 0.165 e. The normalized spacial score (nSPS) is 12.5. The molecule has 5 heteroatoms. The molecule has 0 atom stereocenters. The molecular formula is C48H26N4O. The molecule has 0 aliphatic rings. The SMILES string of the molecule is c1ccc(-c2nc3ccc4ccccc4c3nc2-n2c3cccc4c3c3c(cc5oc6ccccc6c5c32)c2cccc3c5ccccc5n4c23)cc1. The predicted molar refractivity (Wildman–Crippen MR) is 219 cm³/mol. The molecule has 0 spiro atoms. The van der Waals surface area contributed by atoms with Crippen LogP contribution in [0.5, 0.6) is 0 Å². The maximum atomic E-state index is 6.78. The lowest BCUT2D eigenvalue weighted by Crippen LogP contribution is -2.04. The first kappa shape index (κ1) is 27.5. The number of aromatic nitrogens is 4. The van der Waals surface area contributed by atoms with Crippen molar-refractivity contribution in [1.82, 2.24) is 18.9 Å². The standard InChI is InChI=1S/C48H26N4O/c1-2-13-28(14-3-1)44-48(50-45-29-15-5-4-12-27(29)24-25-35(45)49-44)52-38-22-11-21-37-43(38)42-34(26-40-41(47(42)52)33-17-7-9-23-39(33)53-40)32-19-10-18-31-30-16-6-8-20-36(30)51(37)46(31)32/h1-26H. The summed E-state index contributed by atoms with van der Waals surface area (Å²) in [5.74, 6) is 0.789. The Morgan fingerprint density at radius 3 is 2.04 bits per heavy atom. The van der Waals surface area contributed by atoms with Gasteiger partial charge in [-0.3, -0.25) is 4.57 Å². The largest absolute Gasteiger partial charge is 0.456 e. The van der Waals surface area contributed by atoms with Crippen LogP contribution < -0.4 is 0 Å². The van der Waals surface area contributed by atoms with Gasteiger partial charge in [0.2, 0.25) is 0 Å². The van der Waals surface area contributed by atoms with E-state index in [2.05, 4.69) is 161 Å². The fourth-order valence-corrected chi connectivity index (χ4v) is 9.27. The summed E-state index contributed by atoms with van der Waals surface area (Å²) >= 11 is 0. The van der Waals surface area contributed by atoms with Gasteiger partial charge in [0.1, 0.15) is 16.9 Å². The van der Waals surface area contributed by atoms with Gasteiger partial charge in [-0.1, -0.05) is 121 Å². The first-order valence-corrected chi connectivity index (χ1v) is 18.0. The first-order valence-electron chi connectivity index (χ1n) is 18.0. The third kappa shape index (κ3) is 3.42. The highest BCUT2D eigenvalue weighted by Crippen LogP contribution is 2.49. The van der Waals surface area contributed by atoms with Crippen molar-refractivity contribution < 1.29 is 4.42 Å². The minimum Gasteiger partial charge on any atom is -0.456 e. The topological polar surface area (TPSA) is 48.3 Å². The minimum absolute atomic E-state index is 0.789. The van der Waals surface area contributed by atoms with Gasteiger partial charge in [-0.25, -0.2) is 9.97 Å². The highest BCUT2D eigenvalue weighted by atomic mass is 16.3. The number of hydrogen-bond donors (Lipinski definition) is 0. The van der Waals surface area contributed by atoms with Crippen LogP contribution in [0.3, 0.4) is 0 Å². The molecule has 5 nitrogen and oxygen atoms in total. The van der Waals surface area contributed by atoms with Crippen LogP contribution in [-0.4, -0.2) is 18.9 Å². The zero-order valence-electron chi connectivity index (χ0n) is 28.2. The van der Waals surface area contributed by atoms with Gasteiger partial charge in [-0.05, 0) is 47.2 Å². The summed E-state index contributed by atoms with van der Waals surface area (Å²) in [4.78, 5) is 11.1. The van der Waals surface area contributed by atoms with Gasteiger partial charge in [-0.2, -0.15) is 0 Å². The van der Waals surface area contributed by atoms with Gasteiger partial charge >= 0.3 is 0 Å². The molecule has 13 rings (SSSR count). The molecular weight excluding hydrogens is 649 g/mol. The van der Waals surface area contributed by atoms with Gasteiger partial charge in [-0.15, -0.1) is 0 Å². The molecule has 0 saturated carbocycles. The van der Waals surface area contributed by atoms with Crippen LogP contribution >= 0.6 is 0 Å². The van der Waals surface area contributed by atoms with Crippen molar-refractivity contribution in [3.8, 4) is 17.1 Å². The quantitative estimate of drug-likeness (QED) is 0.172. The molecule has 13 aromatic rings. The lowest BCUT2D eigenvalue weighted by Gasteiger charge is -2.15. The lowest BCUT2D eigenvalue weighted by atomic mass is 10.0. The summed E-state index contributed by atoms with van der Waals surface area (Å²) < 4.78 is 11.6. The summed E-state index contributed by atoms with van der Waals surface area (Å²) in [5.41, 5.74) is 11.0. The summed E-state index contributed by atoms with van der Waals surface area (Å²) in [6.45, 7) is 0. The number of nitrogens with zero attached hydrogens (tertiary/aromatic N) is 4. The monoisotopic (exact) mass is 674 g/mol. The summed E-state index contributed by atoms with van der Waals surface area (Å²) in [5, 5.41) is 11.5. The zero-order chi connectivity index (χ0) is 34.4. The van der Waals surface area contributed by atoms with Crippen LogP contribution in [0.15, 0.2) is 162 Å². The summed E-state index contributed by atoms with van der Waals surface area (Å²) in [6.07, 6.45) is 0. The Morgan fingerprint density at radius 1 is 0.434 bits per heavy atom. The number of furan rings is 1. The third-order valence-corrected chi connectivity index (χ3v) is 11.4. The van der Waals surface area contributed by atoms with Crippen molar-refractivity contribution >= 4 is 104 Å². The second kappa shape index (κ2) is 9.75. The number of rotatable bonds is 2. The Labute approximate surface area is 300 Å². The number of hydrogen-bond acceptors (Lipinski definition) is 3. The summed E-state index contributed by atoms with van der Waals surface area (Å²) in [6, 6.07) is 56.1. The van der Waals surface area contributed by atoms with E-state index in [4.69, 9.17) is 14.4 Å². The molecule has 0 bridgehead atoms. The van der Waals surface area contributed by atoms with Crippen molar-refractivity contribution in [2.45, 2.75) is 0 Å². The van der Waals surface area contributed by atoms with Gasteiger partial charge < -0.3 is 8.82 Å². The molecule has 0 unspecified atom stereocenters. The van der Waals surface area contributed by atoms with Crippen molar-refractivity contribution in [2.24, 2.45) is 0 Å². The second-order valence-electron chi connectivity index (χ2n) is 14.1. The number of benzene rings is 8. The van der Waals surface area contributed by atoms with Crippen LogP contribution in [0.4, 0.5) is 0 Å². The molecule has 5 aromatic heterocycles. The molecule has 0 fully saturated rings. The fraction of sp³-hybridized carbons (Fsp3) is 0. The van der Waals surface area contributed by atoms with E-state index in [1.807, 2.05) is 6.07 Å². The Hall–Kier alpha value is -7.24. The van der Waals surface area contributed by atoms with Crippen LogP contribution in [0.25, 0.3) is 121 Å². The second-order valence-corrected chi connectivity index (χ2v) is 14.1. The minimum atomic E-state index is 0.789. The van der Waals surface area contributed by atoms with Crippen LogP contribution in [0.2, 0.25) is 0 Å². The van der Waals surface area contributed by atoms with E-state index in [1.165, 1.54) is 38.0 Å². The highest BCUT2D eigenvalue weighted by molar-refractivity contribution is 6.37. The van der Waals surface area contributed by atoms with E-state index in [-0.39, 0.29) is 0 Å². The van der Waals surface area contributed by atoms with Crippen LogP contribution in [-0.2, 0) is 0 Å². The van der Waals surface area contributed by atoms with Gasteiger partial charge in [0, 0.05) is 43.3 Å². The molecule has 0 aliphatic heterocycles. The Morgan fingerprint density at radius 2 is 1.13 bits per heavy atom. The van der Waals surface area contributed by atoms with Gasteiger partial charge in [0.05, 0.1) is 44.0 Å². The van der Waals surface area contributed by atoms with Crippen molar-refractivity contribution in [2.75, 3.05) is 0 Å².